The molecule has 3 heterocycles. The lowest BCUT2D eigenvalue weighted by molar-refractivity contribution is -0.118. The summed E-state index contributed by atoms with van der Waals surface area (Å²) in [6, 6.07) is 9.96. The number of amides is 1. The normalized spacial score (nSPS) is 15.4. The molecular weight excluding hydrogens is 486 g/mol. The summed E-state index contributed by atoms with van der Waals surface area (Å²) in [5.41, 5.74) is 1.52. The van der Waals surface area contributed by atoms with Gasteiger partial charge in [0, 0.05) is 13.2 Å². The number of carbonyl (C=O) groups is 2. The molecule has 0 radical (unpaired) electrons. The number of esters is 1. The molecule has 1 unspecified atom stereocenters. The average Bonchev–Trinajstić information content (AvgIpc) is 3.48. The summed E-state index contributed by atoms with van der Waals surface area (Å²) < 4.78 is 12.5. The molecule has 1 aromatic carbocycles. The number of thiophene rings is 1. The molecule has 1 aliphatic rings. The Morgan fingerprint density at radius 1 is 1.31 bits per heavy atom. The average molecular weight is 516 g/mol. The predicted molar refractivity (Wildman–Crippen MR) is 137 cm³/mol. The van der Waals surface area contributed by atoms with Gasteiger partial charge in [-0.2, -0.15) is 0 Å². The lowest BCUT2D eigenvalue weighted by Gasteiger charge is -2.16. The number of thioether (sulfide) groups is 1. The largest absolute Gasteiger partial charge is 0.462 e. The van der Waals surface area contributed by atoms with Crippen molar-refractivity contribution in [2.45, 2.75) is 50.9 Å². The summed E-state index contributed by atoms with van der Waals surface area (Å²) in [4.78, 5) is 44.0. The van der Waals surface area contributed by atoms with Gasteiger partial charge in [-0.05, 0) is 44.2 Å². The van der Waals surface area contributed by atoms with Crippen LogP contribution in [0.4, 0.5) is 0 Å². The van der Waals surface area contributed by atoms with Crippen molar-refractivity contribution in [3.05, 3.63) is 56.7 Å². The van der Waals surface area contributed by atoms with Gasteiger partial charge in [-0.15, -0.1) is 11.3 Å². The second kappa shape index (κ2) is 11.8. The van der Waals surface area contributed by atoms with E-state index < -0.39 is 5.97 Å². The molecule has 35 heavy (non-hydrogen) atoms. The Morgan fingerprint density at radius 3 is 2.83 bits per heavy atom. The number of ether oxygens (including phenoxy) is 2. The van der Waals surface area contributed by atoms with Crippen molar-refractivity contribution in [1.82, 2.24) is 14.9 Å². The van der Waals surface area contributed by atoms with Gasteiger partial charge in [0.1, 0.15) is 9.71 Å². The molecule has 1 atom stereocenters. The van der Waals surface area contributed by atoms with Crippen molar-refractivity contribution in [3.8, 4) is 0 Å². The summed E-state index contributed by atoms with van der Waals surface area (Å²) in [6.07, 6.45) is 2.49. The fourth-order valence-corrected chi connectivity index (χ4v) is 5.98. The second-order valence-corrected chi connectivity index (χ2v) is 10.2. The number of fused-ring (bicyclic) bond motifs is 1. The second-order valence-electron chi connectivity index (χ2n) is 8.28. The van der Waals surface area contributed by atoms with Crippen LogP contribution in [-0.4, -0.2) is 53.0 Å². The number of benzene rings is 1. The Kier molecular flexibility index (Phi) is 8.59. The number of hydrogen-bond acceptors (Lipinski definition) is 8. The highest BCUT2D eigenvalue weighted by molar-refractivity contribution is 7.99. The topological polar surface area (TPSA) is 99.5 Å². The van der Waals surface area contributed by atoms with Gasteiger partial charge in [-0.25, -0.2) is 9.78 Å². The van der Waals surface area contributed by atoms with Crippen LogP contribution >= 0.6 is 23.1 Å². The minimum atomic E-state index is -0.454. The van der Waals surface area contributed by atoms with Gasteiger partial charge < -0.3 is 14.8 Å². The lowest BCUT2D eigenvalue weighted by atomic mass is 10.1. The summed E-state index contributed by atoms with van der Waals surface area (Å²) >= 11 is 2.38. The van der Waals surface area contributed by atoms with Crippen LogP contribution in [0, 0.1) is 6.92 Å². The molecule has 1 amide bonds. The van der Waals surface area contributed by atoms with Crippen LogP contribution in [0.15, 0.2) is 40.3 Å². The molecule has 4 rings (SSSR count). The van der Waals surface area contributed by atoms with Gasteiger partial charge in [0.15, 0.2) is 5.16 Å². The number of aryl methyl sites for hydroxylation is 1. The summed E-state index contributed by atoms with van der Waals surface area (Å²) in [7, 11) is 0. The van der Waals surface area contributed by atoms with Gasteiger partial charge in [0.05, 0.1) is 30.4 Å². The van der Waals surface area contributed by atoms with Crippen molar-refractivity contribution in [2.75, 3.05) is 25.5 Å². The molecule has 0 aliphatic carbocycles. The van der Waals surface area contributed by atoms with Crippen LogP contribution in [0.3, 0.4) is 0 Å². The molecule has 3 aromatic rings. The quantitative estimate of drug-likeness (QED) is 0.250. The zero-order chi connectivity index (χ0) is 24.8. The maximum Gasteiger partial charge on any atom is 0.348 e. The van der Waals surface area contributed by atoms with E-state index in [0.717, 1.165) is 36.2 Å². The molecule has 0 saturated carbocycles. The zero-order valence-electron chi connectivity index (χ0n) is 19.9. The molecule has 1 saturated heterocycles. The molecule has 0 spiro atoms. The van der Waals surface area contributed by atoms with Crippen LogP contribution < -0.4 is 10.9 Å². The third kappa shape index (κ3) is 6.12. The lowest BCUT2D eigenvalue weighted by Crippen LogP contribution is -2.30. The van der Waals surface area contributed by atoms with E-state index in [4.69, 9.17) is 14.5 Å². The van der Waals surface area contributed by atoms with Crippen molar-refractivity contribution >= 4 is 45.2 Å². The van der Waals surface area contributed by atoms with Gasteiger partial charge in [0.25, 0.3) is 5.56 Å². The molecule has 1 fully saturated rings. The van der Waals surface area contributed by atoms with Crippen molar-refractivity contribution in [1.29, 1.82) is 0 Å². The van der Waals surface area contributed by atoms with E-state index in [0.29, 0.717) is 45.5 Å². The van der Waals surface area contributed by atoms with Crippen LogP contribution in [-0.2, 0) is 27.2 Å². The minimum Gasteiger partial charge on any atom is -0.462 e. The summed E-state index contributed by atoms with van der Waals surface area (Å²) in [5.74, 6) is -0.448. The first-order valence-electron chi connectivity index (χ1n) is 11.7. The fourth-order valence-electron chi connectivity index (χ4n) is 4.02. The number of nitrogens with one attached hydrogen (secondary N) is 1. The number of rotatable bonds is 10. The first-order chi connectivity index (χ1) is 17.0. The third-order valence-corrected chi connectivity index (χ3v) is 7.94. The van der Waals surface area contributed by atoms with Gasteiger partial charge in [0.2, 0.25) is 5.91 Å². The zero-order valence-corrected chi connectivity index (χ0v) is 21.5. The van der Waals surface area contributed by atoms with E-state index in [9.17, 15) is 14.4 Å². The van der Waals surface area contributed by atoms with Crippen LogP contribution in [0.2, 0.25) is 0 Å². The Balaban J connectivity index is 1.54. The van der Waals surface area contributed by atoms with E-state index in [2.05, 4.69) is 5.32 Å². The monoisotopic (exact) mass is 515 g/mol. The first kappa shape index (κ1) is 25.4. The number of carbonyl (C=O) groups excluding carboxylic acids is 2. The van der Waals surface area contributed by atoms with E-state index in [1.54, 1.807) is 18.4 Å². The summed E-state index contributed by atoms with van der Waals surface area (Å²) in [5, 5.41) is 3.81. The van der Waals surface area contributed by atoms with Crippen LogP contribution in [0.25, 0.3) is 10.2 Å². The third-order valence-electron chi connectivity index (χ3n) is 5.80. The van der Waals surface area contributed by atoms with Crippen molar-refractivity contribution < 1.29 is 19.1 Å². The maximum absolute atomic E-state index is 13.5. The molecule has 186 valence electrons. The van der Waals surface area contributed by atoms with Crippen LogP contribution in [0.1, 0.15) is 40.6 Å². The smallest absolute Gasteiger partial charge is 0.348 e. The molecule has 2 aromatic heterocycles. The Hall–Kier alpha value is -2.69. The highest BCUT2D eigenvalue weighted by Crippen LogP contribution is 2.30. The molecule has 10 heteroatoms. The highest BCUT2D eigenvalue weighted by Gasteiger charge is 2.25. The van der Waals surface area contributed by atoms with E-state index >= 15 is 0 Å². The molecule has 1 aliphatic heterocycles. The molecule has 1 N–H and O–H groups in total. The highest BCUT2D eigenvalue weighted by atomic mass is 32.2. The fraction of sp³-hybridized carbons (Fsp3) is 0.440. The van der Waals surface area contributed by atoms with Crippen molar-refractivity contribution in [3.63, 3.8) is 0 Å². The molecule has 8 nitrogen and oxygen atoms in total. The number of hydrogen-bond donors (Lipinski definition) is 1. The van der Waals surface area contributed by atoms with Crippen LogP contribution in [0.5, 0.6) is 0 Å². The van der Waals surface area contributed by atoms with Gasteiger partial charge >= 0.3 is 5.97 Å². The van der Waals surface area contributed by atoms with E-state index in [1.807, 2.05) is 30.3 Å². The Bertz CT molecular complexity index is 1250. The number of aromatic nitrogens is 2. The predicted octanol–water partition coefficient (Wildman–Crippen LogP) is 3.57. The first-order valence-corrected chi connectivity index (χ1v) is 13.5. The Morgan fingerprint density at radius 2 is 2.11 bits per heavy atom. The SMILES string of the molecule is CCOC(=O)c1sc2nc(SCC(=O)NCCc3ccccc3)n(CC3CCCO3)c(=O)c2c1C. The van der Waals surface area contributed by atoms with Crippen molar-refractivity contribution in [2.24, 2.45) is 0 Å². The maximum atomic E-state index is 13.5. The van der Waals surface area contributed by atoms with E-state index in [-0.39, 0.29) is 29.9 Å². The summed E-state index contributed by atoms with van der Waals surface area (Å²) in [6.45, 7) is 5.32. The standard InChI is InChI=1S/C25H29N3O5S2/c1-3-32-24(31)21-16(2)20-22(35-21)27-25(28(23(20)30)14-18-10-7-13-33-18)34-15-19(29)26-12-11-17-8-5-4-6-9-17/h4-6,8-9,18H,3,7,10-15H2,1-2H3,(H,26,29). The van der Waals surface area contributed by atoms with E-state index in [1.165, 1.54) is 11.8 Å². The number of nitrogens with zero attached hydrogens (tertiary/aromatic N) is 2. The van der Waals surface area contributed by atoms with Gasteiger partial charge in [-0.1, -0.05) is 42.1 Å². The minimum absolute atomic E-state index is 0.0746. The molecular formula is C25H29N3O5S2. The van der Waals surface area contributed by atoms with Gasteiger partial charge in [-0.3, -0.25) is 14.2 Å². The Labute approximate surface area is 212 Å². The molecule has 0 bridgehead atoms.